The molecule has 120 valence electrons. The second-order valence-corrected chi connectivity index (χ2v) is 5.32. The van der Waals surface area contributed by atoms with E-state index in [9.17, 15) is 0 Å². The van der Waals surface area contributed by atoms with Gasteiger partial charge in [-0.15, -0.1) is 35.3 Å². The maximum Gasteiger partial charge on any atom is 0.193 e. The summed E-state index contributed by atoms with van der Waals surface area (Å²) in [6.07, 6.45) is 0.884. The van der Waals surface area contributed by atoms with E-state index in [4.69, 9.17) is 15.2 Å². The van der Waals surface area contributed by atoms with E-state index in [-0.39, 0.29) is 24.0 Å². The van der Waals surface area contributed by atoms with E-state index in [0.717, 1.165) is 17.9 Å². The monoisotopic (exact) mass is 433 g/mol. The highest BCUT2D eigenvalue weighted by Gasteiger charge is 2.06. The number of anilines is 1. The van der Waals surface area contributed by atoms with Crippen molar-refractivity contribution in [3.8, 4) is 11.5 Å². The molecule has 1 aromatic carbocycles. The van der Waals surface area contributed by atoms with E-state index in [0.29, 0.717) is 18.3 Å². The van der Waals surface area contributed by atoms with Crippen LogP contribution < -0.4 is 20.5 Å². The zero-order valence-electron chi connectivity index (χ0n) is 12.5. The molecule has 5 nitrogen and oxygen atoms in total. The Kier molecular flexibility index (Phi) is 8.03. The zero-order chi connectivity index (χ0) is 15.1. The van der Waals surface area contributed by atoms with Gasteiger partial charge in [0, 0.05) is 23.9 Å². The summed E-state index contributed by atoms with van der Waals surface area (Å²) in [5, 5.41) is 5.10. The molecule has 0 spiro atoms. The minimum atomic E-state index is 0. The van der Waals surface area contributed by atoms with Crippen LogP contribution in [0, 0.1) is 0 Å². The molecule has 3 N–H and O–H groups in total. The third-order valence-corrected chi connectivity index (χ3v) is 3.83. The molecule has 0 atom stereocenters. The molecule has 0 aliphatic carbocycles. The summed E-state index contributed by atoms with van der Waals surface area (Å²) in [6.45, 7) is 0.644. The van der Waals surface area contributed by atoms with Crippen molar-refractivity contribution in [1.82, 2.24) is 0 Å². The first-order valence-electron chi connectivity index (χ1n) is 6.54. The largest absolute Gasteiger partial charge is 0.497 e. The minimum Gasteiger partial charge on any atom is -0.497 e. The number of aliphatic imine (C=N–C) groups is 1. The molecular weight excluding hydrogens is 413 g/mol. The highest BCUT2D eigenvalue weighted by Crippen LogP contribution is 2.28. The van der Waals surface area contributed by atoms with Crippen molar-refractivity contribution < 1.29 is 9.47 Å². The molecule has 1 heterocycles. The van der Waals surface area contributed by atoms with Gasteiger partial charge in [-0.3, -0.25) is 4.99 Å². The fraction of sp³-hybridized carbons (Fsp3) is 0.267. The summed E-state index contributed by atoms with van der Waals surface area (Å²) < 4.78 is 10.5. The lowest BCUT2D eigenvalue weighted by Crippen LogP contribution is -2.23. The Morgan fingerprint density at radius 3 is 2.73 bits per heavy atom. The van der Waals surface area contributed by atoms with Crippen LogP contribution in [0.5, 0.6) is 11.5 Å². The molecule has 0 bridgehead atoms. The number of thiophene rings is 1. The SMILES string of the molecule is COc1ccc(OC)c(NC(N)=NCCc2cccs2)c1.I. The molecule has 2 rings (SSSR count). The molecule has 0 aliphatic heterocycles. The molecule has 0 fully saturated rings. The summed E-state index contributed by atoms with van der Waals surface area (Å²) in [7, 11) is 3.22. The first-order chi connectivity index (χ1) is 10.2. The number of nitrogens with zero attached hydrogens (tertiary/aromatic N) is 1. The Bertz CT molecular complexity index is 603. The third-order valence-electron chi connectivity index (χ3n) is 2.89. The number of hydrogen-bond donors (Lipinski definition) is 2. The fourth-order valence-electron chi connectivity index (χ4n) is 1.83. The van der Waals surface area contributed by atoms with E-state index >= 15 is 0 Å². The summed E-state index contributed by atoms with van der Waals surface area (Å²) in [5.74, 6) is 1.77. The number of rotatable bonds is 6. The molecule has 0 radical (unpaired) electrons. The summed E-state index contributed by atoms with van der Waals surface area (Å²) in [6, 6.07) is 9.59. The Labute approximate surface area is 151 Å². The van der Waals surface area contributed by atoms with Crippen molar-refractivity contribution in [2.75, 3.05) is 26.1 Å². The topological polar surface area (TPSA) is 68.9 Å². The molecule has 0 saturated carbocycles. The predicted octanol–water partition coefficient (Wildman–Crippen LogP) is 3.35. The van der Waals surface area contributed by atoms with Crippen LogP contribution in [0.25, 0.3) is 0 Å². The number of hydrogen-bond acceptors (Lipinski definition) is 4. The lowest BCUT2D eigenvalue weighted by atomic mass is 10.2. The lowest BCUT2D eigenvalue weighted by Gasteiger charge is -2.12. The standard InChI is InChI=1S/C15H19N3O2S.HI/c1-19-11-5-6-14(20-2)13(10-11)18-15(16)17-8-7-12-4-3-9-21-12;/h3-6,9-10H,7-8H2,1-2H3,(H3,16,17,18);1H. The van der Waals surface area contributed by atoms with Gasteiger partial charge < -0.3 is 20.5 Å². The van der Waals surface area contributed by atoms with Crippen LogP contribution in [0.15, 0.2) is 40.7 Å². The number of nitrogens with one attached hydrogen (secondary N) is 1. The maximum absolute atomic E-state index is 5.91. The molecule has 22 heavy (non-hydrogen) atoms. The number of guanidine groups is 1. The second-order valence-electron chi connectivity index (χ2n) is 4.29. The highest BCUT2D eigenvalue weighted by molar-refractivity contribution is 14.0. The highest BCUT2D eigenvalue weighted by atomic mass is 127. The molecule has 0 amide bonds. The molecular formula is C15H20IN3O2S. The van der Waals surface area contributed by atoms with Crippen molar-refractivity contribution in [3.05, 3.63) is 40.6 Å². The van der Waals surface area contributed by atoms with E-state index in [1.54, 1.807) is 25.6 Å². The number of halogens is 1. The average Bonchev–Trinajstić information content (AvgIpc) is 3.00. The summed E-state index contributed by atoms with van der Waals surface area (Å²) >= 11 is 1.72. The molecule has 0 unspecified atom stereocenters. The Morgan fingerprint density at radius 1 is 1.27 bits per heavy atom. The van der Waals surface area contributed by atoms with Gasteiger partial charge in [-0.1, -0.05) is 6.07 Å². The quantitative estimate of drug-likeness (QED) is 0.417. The van der Waals surface area contributed by atoms with Crippen molar-refractivity contribution in [2.24, 2.45) is 10.7 Å². The van der Waals surface area contributed by atoms with Crippen LogP contribution in [0.4, 0.5) is 5.69 Å². The molecule has 1 aromatic heterocycles. The van der Waals surface area contributed by atoms with E-state index in [2.05, 4.69) is 21.8 Å². The van der Waals surface area contributed by atoms with Crippen LogP contribution >= 0.6 is 35.3 Å². The normalized spacial score (nSPS) is 10.7. The number of nitrogens with two attached hydrogens (primary N) is 1. The van der Waals surface area contributed by atoms with Gasteiger partial charge in [0.2, 0.25) is 0 Å². The van der Waals surface area contributed by atoms with Crippen LogP contribution in [0.1, 0.15) is 4.88 Å². The Hall–Kier alpha value is -1.48. The summed E-state index contributed by atoms with van der Waals surface area (Å²) in [4.78, 5) is 5.62. The van der Waals surface area contributed by atoms with Crippen LogP contribution in [-0.2, 0) is 6.42 Å². The molecule has 7 heteroatoms. The van der Waals surface area contributed by atoms with Gasteiger partial charge in [0.25, 0.3) is 0 Å². The van der Waals surface area contributed by atoms with Crippen molar-refractivity contribution in [2.45, 2.75) is 6.42 Å². The van der Waals surface area contributed by atoms with Crippen molar-refractivity contribution in [1.29, 1.82) is 0 Å². The second kappa shape index (κ2) is 9.52. The van der Waals surface area contributed by atoms with Crippen molar-refractivity contribution >= 4 is 47.0 Å². The van der Waals surface area contributed by atoms with Crippen LogP contribution in [0.3, 0.4) is 0 Å². The minimum absolute atomic E-state index is 0. The first kappa shape index (κ1) is 18.6. The number of benzene rings is 1. The predicted molar refractivity (Wildman–Crippen MR) is 103 cm³/mol. The van der Waals surface area contributed by atoms with Gasteiger partial charge >= 0.3 is 0 Å². The van der Waals surface area contributed by atoms with E-state index in [1.807, 2.05) is 24.3 Å². The average molecular weight is 433 g/mol. The van der Waals surface area contributed by atoms with Crippen molar-refractivity contribution in [3.63, 3.8) is 0 Å². The Balaban J connectivity index is 0.00000242. The summed E-state index contributed by atoms with van der Waals surface area (Å²) in [5.41, 5.74) is 6.64. The number of methoxy groups -OCH3 is 2. The van der Waals surface area contributed by atoms with E-state index < -0.39 is 0 Å². The van der Waals surface area contributed by atoms with Gasteiger partial charge in [-0.25, -0.2) is 0 Å². The molecule has 0 saturated heterocycles. The van der Waals surface area contributed by atoms with Crippen LogP contribution in [-0.4, -0.2) is 26.7 Å². The third kappa shape index (κ3) is 5.38. The van der Waals surface area contributed by atoms with Gasteiger partial charge in [-0.05, 0) is 23.6 Å². The maximum atomic E-state index is 5.91. The lowest BCUT2D eigenvalue weighted by molar-refractivity contribution is 0.405. The van der Waals surface area contributed by atoms with Gasteiger partial charge in [0.1, 0.15) is 11.5 Å². The smallest absolute Gasteiger partial charge is 0.193 e. The van der Waals surface area contributed by atoms with Gasteiger partial charge in [-0.2, -0.15) is 0 Å². The van der Waals surface area contributed by atoms with E-state index in [1.165, 1.54) is 4.88 Å². The molecule has 2 aromatic rings. The first-order valence-corrected chi connectivity index (χ1v) is 7.42. The van der Waals surface area contributed by atoms with Gasteiger partial charge in [0.15, 0.2) is 5.96 Å². The fourth-order valence-corrected chi connectivity index (χ4v) is 2.53. The number of ether oxygens (including phenoxy) is 2. The Morgan fingerprint density at radius 2 is 2.09 bits per heavy atom. The van der Waals surface area contributed by atoms with Gasteiger partial charge in [0.05, 0.1) is 19.9 Å². The molecule has 0 aliphatic rings. The zero-order valence-corrected chi connectivity index (χ0v) is 15.7. The van der Waals surface area contributed by atoms with Crippen LogP contribution in [0.2, 0.25) is 0 Å².